The molecule has 0 bridgehead atoms. The van der Waals surface area contributed by atoms with Gasteiger partial charge in [0.25, 0.3) is 0 Å². The lowest BCUT2D eigenvalue weighted by atomic mass is 10.0. The number of aliphatic imine (C=N–C) groups is 1. The topological polar surface area (TPSA) is 60.0 Å². The highest BCUT2D eigenvalue weighted by Gasteiger charge is 2.22. The normalized spacial score (nSPS) is 17.9. The van der Waals surface area contributed by atoms with Crippen LogP contribution in [0.3, 0.4) is 0 Å². The highest BCUT2D eigenvalue weighted by atomic mass is 16.2. The summed E-state index contributed by atoms with van der Waals surface area (Å²) in [5.74, 6) is 1.35. The Kier molecular flexibility index (Phi) is 10.5. The fourth-order valence-electron chi connectivity index (χ4n) is 3.12. The second-order valence-corrected chi connectivity index (χ2v) is 7.52. The lowest BCUT2D eigenvalue weighted by Crippen LogP contribution is -2.50. The van der Waals surface area contributed by atoms with E-state index in [1.807, 2.05) is 0 Å². The lowest BCUT2D eigenvalue weighted by molar-refractivity contribution is -0.127. The maximum Gasteiger partial charge on any atom is 0.243 e. The number of hydrogen-bond acceptors (Lipinski definition) is 3. The smallest absolute Gasteiger partial charge is 0.243 e. The molecule has 6 nitrogen and oxygen atoms in total. The van der Waals surface area contributed by atoms with E-state index in [1.165, 1.54) is 38.8 Å². The van der Waals surface area contributed by atoms with Gasteiger partial charge in [0, 0.05) is 33.2 Å². The van der Waals surface area contributed by atoms with E-state index in [0.717, 1.165) is 25.5 Å². The van der Waals surface area contributed by atoms with E-state index in [9.17, 15) is 4.79 Å². The third-order valence-corrected chi connectivity index (χ3v) is 4.77. The molecule has 1 unspecified atom stereocenters. The van der Waals surface area contributed by atoms with Crippen molar-refractivity contribution in [1.29, 1.82) is 0 Å². The summed E-state index contributed by atoms with van der Waals surface area (Å²) in [6, 6.07) is 0.497. The zero-order valence-electron chi connectivity index (χ0n) is 17.0. The monoisotopic (exact) mass is 353 g/mol. The Labute approximate surface area is 154 Å². The standard InChI is InChI=1S/C19H39N5O/c1-6-11-20-19(22-15-18(25)23(4)5)21-14-17(16(2)3)24-12-9-7-8-10-13-24/h16-17H,6-15H2,1-5H3,(H2,20,21,22). The molecule has 1 amide bonds. The van der Waals surface area contributed by atoms with Crippen LogP contribution in [0.15, 0.2) is 4.99 Å². The summed E-state index contributed by atoms with van der Waals surface area (Å²) in [6.45, 7) is 11.0. The molecule has 1 atom stereocenters. The minimum Gasteiger partial charge on any atom is -0.356 e. The van der Waals surface area contributed by atoms with Crippen molar-refractivity contribution in [2.24, 2.45) is 10.9 Å². The van der Waals surface area contributed by atoms with Crippen LogP contribution in [0, 0.1) is 5.92 Å². The van der Waals surface area contributed by atoms with E-state index in [1.54, 1.807) is 19.0 Å². The van der Waals surface area contributed by atoms with Crippen molar-refractivity contribution >= 4 is 11.9 Å². The van der Waals surface area contributed by atoms with E-state index in [4.69, 9.17) is 0 Å². The number of amides is 1. The number of guanidine groups is 1. The van der Waals surface area contributed by atoms with Gasteiger partial charge in [-0.15, -0.1) is 0 Å². The van der Waals surface area contributed by atoms with Crippen molar-refractivity contribution in [1.82, 2.24) is 20.4 Å². The number of hydrogen-bond donors (Lipinski definition) is 2. The molecule has 2 N–H and O–H groups in total. The Morgan fingerprint density at radius 3 is 2.28 bits per heavy atom. The van der Waals surface area contributed by atoms with Crippen molar-refractivity contribution in [3.8, 4) is 0 Å². The van der Waals surface area contributed by atoms with Crippen LogP contribution in [-0.2, 0) is 4.79 Å². The lowest BCUT2D eigenvalue weighted by Gasteiger charge is -2.34. The molecule has 0 saturated carbocycles. The fourth-order valence-corrected chi connectivity index (χ4v) is 3.12. The average Bonchev–Trinajstić information content (AvgIpc) is 2.85. The van der Waals surface area contributed by atoms with Crippen LogP contribution in [0.2, 0.25) is 0 Å². The van der Waals surface area contributed by atoms with Gasteiger partial charge in [-0.05, 0) is 38.3 Å². The van der Waals surface area contributed by atoms with Gasteiger partial charge in [-0.25, -0.2) is 4.99 Å². The second kappa shape index (κ2) is 12.1. The number of likely N-dealkylation sites (N-methyl/N-ethyl adjacent to an activating group) is 1. The molecule has 1 heterocycles. The molecule has 0 aliphatic carbocycles. The summed E-state index contributed by atoms with van der Waals surface area (Å²) >= 11 is 0. The molecule has 0 aromatic heterocycles. The Hall–Kier alpha value is -1.30. The van der Waals surface area contributed by atoms with E-state index in [2.05, 4.69) is 41.3 Å². The molecule has 1 aliphatic rings. The van der Waals surface area contributed by atoms with Crippen molar-refractivity contribution < 1.29 is 4.79 Å². The first-order chi connectivity index (χ1) is 12.0. The molecular weight excluding hydrogens is 314 g/mol. The van der Waals surface area contributed by atoms with Gasteiger partial charge in [-0.1, -0.05) is 33.6 Å². The van der Waals surface area contributed by atoms with Gasteiger partial charge < -0.3 is 15.5 Å². The number of rotatable bonds is 8. The zero-order chi connectivity index (χ0) is 18.7. The summed E-state index contributed by atoms with van der Waals surface area (Å²) in [6.07, 6.45) is 6.34. The first-order valence-corrected chi connectivity index (χ1v) is 9.92. The van der Waals surface area contributed by atoms with Gasteiger partial charge in [0.05, 0.1) is 0 Å². The second-order valence-electron chi connectivity index (χ2n) is 7.52. The number of carbonyl (C=O) groups excluding carboxylic acids is 1. The van der Waals surface area contributed by atoms with E-state index < -0.39 is 0 Å². The van der Waals surface area contributed by atoms with Crippen LogP contribution in [0.1, 0.15) is 52.9 Å². The summed E-state index contributed by atoms with van der Waals surface area (Å²) in [7, 11) is 3.52. The Bertz CT molecular complexity index is 401. The summed E-state index contributed by atoms with van der Waals surface area (Å²) in [5, 5.41) is 6.80. The highest BCUT2D eigenvalue weighted by molar-refractivity contribution is 5.84. The first-order valence-electron chi connectivity index (χ1n) is 9.92. The molecule has 1 aliphatic heterocycles. The fraction of sp³-hybridized carbons (Fsp3) is 0.895. The molecule has 0 aromatic rings. The van der Waals surface area contributed by atoms with Crippen molar-refractivity contribution in [2.45, 2.75) is 58.9 Å². The molecule has 146 valence electrons. The Balaban J connectivity index is 2.65. The number of nitrogens with zero attached hydrogens (tertiary/aromatic N) is 3. The molecule has 1 saturated heterocycles. The highest BCUT2D eigenvalue weighted by Crippen LogP contribution is 2.17. The predicted molar refractivity (Wildman–Crippen MR) is 106 cm³/mol. The third kappa shape index (κ3) is 8.56. The molecule has 1 fully saturated rings. The number of nitrogens with one attached hydrogen (secondary N) is 2. The first kappa shape index (κ1) is 21.7. The van der Waals surface area contributed by atoms with Gasteiger partial charge in [0.2, 0.25) is 5.91 Å². The molecule has 0 radical (unpaired) electrons. The molecular formula is C19H39N5O. The molecule has 0 aromatic carbocycles. The van der Waals surface area contributed by atoms with Gasteiger partial charge >= 0.3 is 0 Å². The molecule has 0 spiro atoms. The quantitative estimate of drug-likeness (QED) is 0.517. The zero-order valence-corrected chi connectivity index (χ0v) is 17.0. The maximum atomic E-state index is 11.8. The van der Waals surface area contributed by atoms with Crippen LogP contribution in [0.25, 0.3) is 0 Å². The summed E-state index contributed by atoms with van der Waals surface area (Å²) in [4.78, 5) is 20.5. The summed E-state index contributed by atoms with van der Waals surface area (Å²) in [5.41, 5.74) is 0. The molecule has 6 heteroatoms. The van der Waals surface area contributed by atoms with Crippen LogP contribution in [-0.4, -0.2) is 74.5 Å². The van der Waals surface area contributed by atoms with Crippen molar-refractivity contribution in [3.05, 3.63) is 0 Å². The number of likely N-dealkylation sites (tertiary alicyclic amines) is 1. The maximum absolute atomic E-state index is 11.8. The van der Waals surface area contributed by atoms with Gasteiger partial charge in [-0.3, -0.25) is 9.69 Å². The average molecular weight is 354 g/mol. The van der Waals surface area contributed by atoms with Crippen LogP contribution >= 0.6 is 0 Å². The largest absolute Gasteiger partial charge is 0.356 e. The minimum atomic E-state index is 0.0190. The molecule has 25 heavy (non-hydrogen) atoms. The third-order valence-electron chi connectivity index (χ3n) is 4.77. The van der Waals surface area contributed by atoms with Gasteiger partial charge in [0.1, 0.15) is 6.54 Å². The van der Waals surface area contributed by atoms with E-state index in [-0.39, 0.29) is 12.5 Å². The van der Waals surface area contributed by atoms with Crippen LogP contribution in [0.5, 0.6) is 0 Å². The SMILES string of the molecule is CCCNC(=NCC(=O)N(C)C)NCC(C(C)C)N1CCCCCC1. The van der Waals surface area contributed by atoms with E-state index >= 15 is 0 Å². The van der Waals surface area contributed by atoms with E-state index in [0.29, 0.717) is 12.0 Å². The van der Waals surface area contributed by atoms with Gasteiger partial charge in [0.15, 0.2) is 5.96 Å². The van der Waals surface area contributed by atoms with Crippen LogP contribution in [0.4, 0.5) is 0 Å². The Morgan fingerprint density at radius 2 is 1.76 bits per heavy atom. The number of carbonyl (C=O) groups is 1. The van der Waals surface area contributed by atoms with Crippen molar-refractivity contribution in [2.75, 3.05) is 46.8 Å². The predicted octanol–water partition coefficient (Wildman–Crippen LogP) is 1.92. The summed E-state index contributed by atoms with van der Waals surface area (Å²) < 4.78 is 0. The van der Waals surface area contributed by atoms with Gasteiger partial charge in [-0.2, -0.15) is 0 Å². The Morgan fingerprint density at radius 1 is 1.12 bits per heavy atom. The molecule has 1 rings (SSSR count). The van der Waals surface area contributed by atoms with Crippen molar-refractivity contribution in [3.63, 3.8) is 0 Å². The van der Waals surface area contributed by atoms with Crippen LogP contribution < -0.4 is 10.6 Å². The minimum absolute atomic E-state index is 0.0190.